The van der Waals surface area contributed by atoms with Gasteiger partial charge in [0.1, 0.15) is 12.4 Å². The third-order valence-electron chi connectivity index (χ3n) is 4.57. The number of carbonyl (C=O) groups is 1. The Bertz CT molecular complexity index is 977. The van der Waals surface area contributed by atoms with Gasteiger partial charge in [-0.25, -0.2) is 4.79 Å². The summed E-state index contributed by atoms with van der Waals surface area (Å²) < 4.78 is 5.70. The SMILES string of the molecule is O=C(NCCCCc1ccc([N+](=O)[O-])cc1)Nc1ccc(OCc2cccnc2)cc1. The minimum atomic E-state index is -0.407. The second-order valence-corrected chi connectivity index (χ2v) is 6.94. The van der Waals surface area contributed by atoms with Crippen LogP contribution in [-0.2, 0) is 13.0 Å². The largest absolute Gasteiger partial charge is 0.489 e. The number of nitro benzene ring substituents is 1. The van der Waals surface area contributed by atoms with E-state index in [1.165, 1.54) is 12.1 Å². The maximum absolute atomic E-state index is 12.0. The van der Waals surface area contributed by atoms with Crippen LogP contribution in [0, 0.1) is 10.1 Å². The van der Waals surface area contributed by atoms with Crippen molar-refractivity contribution < 1.29 is 14.5 Å². The summed E-state index contributed by atoms with van der Waals surface area (Å²) in [4.78, 5) is 26.3. The molecule has 0 atom stereocenters. The summed E-state index contributed by atoms with van der Waals surface area (Å²) >= 11 is 0. The van der Waals surface area contributed by atoms with Crippen LogP contribution >= 0.6 is 0 Å². The number of aryl methyl sites for hydroxylation is 1. The van der Waals surface area contributed by atoms with Crippen LogP contribution in [0.4, 0.5) is 16.2 Å². The van der Waals surface area contributed by atoms with E-state index >= 15 is 0 Å². The van der Waals surface area contributed by atoms with Crippen LogP contribution in [0.3, 0.4) is 0 Å². The number of pyridine rings is 1. The average Bonchev–Trinajstić information content (AvgIpc) is 2.79. The molecule has 1 heterocycles. The number of non-ortho nitro benzene ring substituents is 1. The number of benzene rings is 2. The molecule has 0 radical (unpaired) electrons. The number of carbonyl (C=O) groups excluding carboxylic acids is 1. The topological polar surface area (TPSA) is 106 Å². The molecule has 1 aromatic heterocycles. The van der Waals surface area contributed by atoms with Gasteiger partial charge in [0.25, 0.3) is 5.69 Å². The molecule has 2 aromatic carbocycles. The van der Waals surface area contributed by atoms with Crippen molar-refractivity contribution in [2.75, 3.05) is 11.9 Å². The highest BCUT2D eigenvalue weighted by Crippen LogP contribution is 2.17. The van der Waals surface area contributed by atoms with E-state index in [1.54, 1.807) is 48.8 Å². The molecule has 8 nitrogen and oxygen atoms in total. The first kappa shape index (κ1) is 21.8. The van der Waals surface area contributed by atoms with Gasteiger partial charge in [0.05, 0.1) is 4.92 Å². The van der Waals surface area contributed by atoms with Gasteiger partial charge in [0.15, 0.2) is 0 Å². The molecule has 3 aromatic rings. The van der Waals surface area contributed by atoms with Gasteiger partial charge < -0.3 is 15.4 Å². The fraction of sp³-hybridized carbons (Fsp3) is 0.217. The molecular formula is C23H24N4O4. The van der Waals surface area contributed by atoms with E-state index in [-0.39, 0.29) is 11.7 Å². The Morgan fingerprint density at radius 1 is 1.00 bits per heavy atom. The van der Waals surface area contributed by atoms with Crippen LogP contribution in [0.25, 0.3) is 0 Å². The van der Waals surface area contributed by atoms with E-state index in [9.17, 15) is 14.9 Å². The molecule has 8 heteroatoms. The predicted molar refractivity (Wildman–Crippen MR) is 118 cm³/mol. The highest BCUT2D eigenvalue weighted by Gasteiger charge is 2.05. The molecule has 0 bridgehead atoms. The van der Waals surface area contributed by atoms with Crippen LogP contribution in [-0.4, -0.2) is 22.5 Å². The van der Waals surface area contributed by atoms with Gasteiger partial charge in [-0.15, -0.1) is 0 Å². The maximum Gasteiger partial charge on any atom is 0.319 e. The van der Waals surface area contributed by atoms with Gasteiger partial charge in [-0.3, -0.25) is 15.1 Å². The lowest BCUT2D eigenvalue weighted by Gasteiger charge is -2.09. The molecule has 0 saturated heterocycles. The van der Waals surface area contributed by atoms with E-state index in [0.717, 1.165) is 30.4 Å². The van der Waals surface area contributed by atoms with Gasteiger partial charge in [-0.1, -0.05) is 18.2 Å². The molecule has 0 saturated carbocycles. The summed E-state index contributed by atoms with van der Waals surface area (Å²) in [6.07, 6.45) is 5.97. The van der Waals surface area contributed by atoms with E-state index in [1.807, 2.05) is 12.1 Å². The summed E-state index contributed by atoms with van der Waals surface area (Å²) in [7, 11) is 0. The number of amides is 2. The van der Waals surface area contributed by atoms with Crippen LogP contribution in [0.5, 0.6) is 5.75 Å². The number of hydrogen-bond donors (Lipinski definition) is 2. The van der Waals surface area contributed by atoms with Gasteiger partial charge in [0.2, 0.25) is 0 Å². The van der Waals surface area contributed by atoms with E-state index < -0.39 is 4.92 Å². The molecule has 160 valence electrons. The first-order valence-electron chi connectivity index (χ1n) is 10.00. The number of nitrogens with zero attached hydrogens (tertiary/aromatic N) is 2. The Balaban J connectivity index is 1.31. The molecule has 0 unspecified atom stereocenters. The number of rotatable bonds is 10. The average molecular weight is 420 g/mol. The Hall–Kier alpha value is -3.94. The first-order chi connectivity index (χ1) is 15.1. The Labute approximate surface area is 180 Å². The van der Waals surface area contributed by atoms with Crippen LogP contribution < -0.4 is 15.4 Å². The quantitative estimate of drug-likeness (QED) is 0.281. The number of unbranched alkanes of at least 4 members (excludes halogenated alkanes) is 1. The molecule has 2 N–H and O–H groups in total. The fourth-order valence-corrected chi connectivity index (χ4v) is 2.90. The van der Waals surface area contributed by atoms with Crippen molar-refractivity contribution in [2.24, 2.45) is 0 Å². The third-order valence-corrected chi connectivity index (χ3v) is 4.57. The second-order valence-electron chi connectivity index (χ2n) is 6.94. The third kappa shape index (κ3) is 7.43. The Kier molecular flexibility index (Phi) is 7.93. The number of nitrogens with one attached hydrogen (secondary N) is 2. The van der Waals surface area contributed by atoms with Gasteiger partial charge >= 0.3 is 6.03 Å². The molecule has 0 aliphatic heterocycles. The summed E-state index contributed by atoms with van der Waals surface area (Å²) in [6.45, 7) is 0.978. The standard InChI is InChI=1S/C23H24N4O4/c28-23(25-15-2-1-4-18-6-10-21(11-7-18)27(29)30)26-20-8-12-22(13-9-20)31-17-19-5-3-14-24-16-19/h3,5-14,16H,1-2,4,15,17H2,(H2,25,26,28). The summed E-state index contributed by atoms with van der Waals surface area (Å²) in [5.74, 6) is 0.709. The minimum Gasteiger partial charge on any atom is -0.489 e. The van der Waals surface area contributed by atoms with Crippen molar-refractivity contribution in [1.29, 1.82) is 0 Å². The molecular weight excluding hydrogens is 396 g/mol. The highest BCUT2D eigenvalue weighted by molar-refractivity contribution is 5.89. The molecule has 0 aliphatic carbocycles. The van der Waals surface area contributed by atoms with Crippen molar-refractivity contribution in [2.45, 2.75) is 25.9 Å². The number of anilines is 1. The van der Waals surface area contributed by atoms with Crippen molar-refractivity contribution >= 4 is 17.4 Å². The fourth-order valence-electron chi connectivity index (χ4n) is 2.90. The monoisotopic (exact) mass is 420 g/mol. The molecule has 0 spiro atoms. The first-order valence-corrected chi connectivity index (χ1v) is 10.00. The Morgan fingerprint density at radius 3 is 2.45 bits per heavy atom. The normalized spacial score (nSPS) is 10.3. The zero-order valence-electron chi connectivity index (χ0n) is 17.0. The Morgan fingerprint density at radius 2 is 1.77 bits per heavy atom. The number of nitro groups is 1. The lowest BCUT2D eigenvalue weighted by atomic mass is 10.1. The van der Waals surface area contributed by atoms with E-state index in [0.29, 0.717) is 24.6 Å². The van der Waals surface area contributed by atoms with Crippen molar-refractivity contribution in [3.63, 3.8) is 0 Å². The zero-order chi connectivity index (χ0) is 21.9. The number of ether oxygens (including phenoxy) is 1. The van der Waals surface area contributed by atoms with Gasteiger partial charge in [-0.2, -0.15) is 0 Å². The number of urea groups is 1. The van der Waals surface area contributed by atoms with Crippen molar-refractivity contribution in [1.82, 2.24) is 10.3 Å². The van der Waals surface area contributed by atoms with Crippen molar-refractivity contribution in [3.8, 4) is 5.75 Å². The molecule has 0 aliphatic rings. The summed E-state index contributed by atoms with van der Waals surface area (Å²) in [5, 5.41) is 16.3. The molecule has 3 rings (SSSR count). The van der Waals surface area contributed by atoms with Gasteiger partial charge in [-0.05, 0) is 55.2 Å². The number of hydrogen-bond acceptors (Lipinski definition) is 5. The van der Waals surface area contributed by atoms with Crippen LogP contribution in [0.15, 0.2) is 73.1 Å². The van der Waals surface area contributed by atoms with Gasteiger partial charge in [0, 0.05) is 42.3 Å². The molecule has 2 amide bonds. The second kappa shape index (κ2) is 11.3. The smallest absolute Gasteiger partial charge is 0.319 e. The highest BCUT2D eigenvalue weighted by atomic mass is 16.6. The summed E-state index contributed by atoms with van der Waals surface area (Å²) in [6, 6.07) is 17.3. The zero-order valence-corrected chi connectivity index (χ0v) is 17.0. The lowest BCUT2D eigenvalue weighted by molar-refractivity contribution is -0.384. The van der Waals surface area contributed by atoms with Crippen molar-refractivity contribution in [3.05, 3.63) is 94.3 Å². The summed E-state index contributed by atoms with van der Waals surface area (Å²) in [5.41, 5.74) is 2.80. The van der Waals surface area contributed by atoms with E-state index in [2.05, 4.69) is 15.6 Å². The van der Waals surface area contributed by atoms with Crippen LogP contribution in [0.1, 0.15) is 24.0 Å². The molecule has 31 heavy (non-hydrogen) atoms. The van der Waals surface area contributed by atoms with E-state index in [4.69, 9.17) is 4.74 Å². The minimum absolute atomic E-state index is 0.0928. The van der Waals surface area contributed by atoms with Crippen LogP contribution in [0.2, 0.25) is 0 Å². The molecule has 0 fully saturated rings. The number of aromatic nitrogens is 1. The maximum atomic E-state index is 12.0. The lowest BCUT2D eigenvalue weighted by Crippen LogP contribution is -2.29. The predicted octanol–water partition coefficient (Wildman–Crippen LogP) is 4.71.